The SMILES string of the molecule is CCCCC[C@@H](N)c1cc(F)ccc1O. The van der Waals surface area contributed by atoms with Crippen molar-refractivity contribution in [2.75, 3.05) is 0 Å². The van der Waals surface area contributed by atoms with Gasteiger partial charge in [0.25, 0.3) is 0 Å². The second kappa shape index (κ2) is 5.71. The summed E-state index contributed by atoms with van der Waals surface area (Å²) in [6.07, 6.45) is 4.03. The maximum Gasteiger partial charge on any atom is 0.123 e. The number of hydrogen-bond acceptors (Lipinski definition) is 2. The molecule has 0 spiro atoms. The topological polar surface area (TPSA) is 46.2 Å². The van der Waals surface area contributed by atoms with Crippen LogP contribution in [0.1, 0.15) is 44.2 Å². The molecule has 3 heteroatoms. The Labute approximate surface area is 89.9 Å². The standard InChI is InChI=1S/C12H18FNO/c1-2-3-4-5-11(14)10-8-9(13)6-7-12(10)15/h6-8,11,15H,2-5,14H2,1H3/t11-/m1/s1. The summed E-state index contributed by atoms with van der Waals surface area (Å²) < 4.78 is 12.9. The average Bonchev–Trinajstić information content (AvgIpc) is 2.22. The summed E-state index contributed by atoms with van der Waals surface area (Å²) in [6, 6.07) is 3.63. The number of nitrogens with two attached hydrogens (primary N) is 1. The average molecular weight is 211 g/mol. The highest BCUT2D eigenvalue weighted by molar-refractivity contribution is 5.34. The van der Waals surface area contributed by atoms with Gasteiger partial charge in [0.15, 0.2) is 0 Å². The van der Waals surface area contributed by atoms with Gasteiger partial charge in [0.2, 0.25) is 0 Å². The fourth-order valence-electron chi connectivity index (χ4n) is 1.59. The van der Waals surface area contributed by atoms with E-state index in [0.717, 1.165) is 25.7 Å². The molecule has 0 heterocycles. The minimum Gasteiger partial charge on any atom is -0.508 e. The Hall–Kier alpha value is -1.09. The van der Waals surface area contributed by atoms with Crippen LogP contribution in [0.25, 0.3) is 0 Å². The second-order valence-corrected chi connectivity index (χ2v) is 3.81. The third-order valence-electron chi connectivity index (χ3n) is 2.51. The molecule has 1 rings (SSSR count). The lowest BCUT2D eigenvalue weighted by molar-refractivity contribution is 0.452. The van der Waals surface area contributed by atoms with Crippen molar-refractivity contribution in [2.24, 2.45) is 5.73 Å². The van der Waals surface area contributed by atoms with E-state index >= 15 is 0 Å². The van der Waals surface area contributed by atoms with Crippen molar-refractivity contribution in [3.63, 3.8) is 0 Å². The third-order valence-corrected chi connectivity index (χ3v) is 2.51. The summed E-state index contributed by atoms with van der Waals surface area (Å²) in [6.45, 7) is 2.12. The summed E-state index contributed by atoms with van der Waals surface area (Å²) in [5, 5.41) is 9.52. The fourth-order valence-corrected chi connectivity index (χ4v) is 1.59. The van der Waals surface area contributed by atoms with Crippen LogP contribution in [0.2, 0.25) is 0 Å². The molecule has 0 radical (unpaired) electrons. The highest BCUT2D eigenvalue weighted by Crippen LogP contribution is 2.26. The van der Waals surface area contributed by atoms with Crippen molar-refractivity contribution in [3.05, 3.63) is 29.6 Å². The van der Waals surface area contributed by atoms with Gasteiger partial charge in [-0.15, -0.1) is 0 Å². The van der Waals surface area contributed by atoms with E-state index in [1.807, 2.05) is 0 Å². The predicted molar refractivity (Wildman–Crippen MR) is 59.1 cm³/mol. The Morgan fingerprint density at radius 3 is 2.80 bits per heavy atom. The van der Waals surface area contributed by atoms with Crippen LogP contribution in [0.15, 0.2) is 18.2 Å². The zero-order valence-corrected chi connectivity index (χ0v) is 9.04. The van der Waals surface area contributed by atoms with E-state index in [1.165, 1.54) is 18.2 Å². The van der Waals surface area contributed by atoms with Crippen molar-refractivity contribution < 1.29 is 9.50 Å². The predicted octanol–water partition coefficient (Wildman–Crippen LogP) is 3.11. The molecular formula is C12H18FNO. The molecule has 0 aliphatic heterocycles. The van der Waals surface area contributed by atoms with E-state index < -0.39 is 0 Å². The summed E-state index contributed by atoms with van der Waals surface area (Å²) in [7, 11) is 0. The molecule has 0 fully saturated rings. The molecule has 2 nitrogen and oxygen atoms in total. The summed E-state index contributed by atoms with van der Waals surface area (Å²) in [5.41, 5.74) is 6.38. The Morgan fingerprint density at radius 1 is 1.40 bits per heavy atom. The molecule has 1 atom stereocenters. The maximum atomic E-state index is 12.9. The molecule has 0 aliphatic carbocycles. The molecule has 0 bridgehead atoms. The minimum absolute atomic E-state index is 0.0837. The number of rotatable bonds is 5. The number of phenolic OH excluding ortho intramolecular Hbond substituents is 1. The van der Waals surface area contributed by atoms with Crippen LogP contribution in [-0.4, -0.2) is 5.11 Å². The minimum atomic E-state index is -0.353. The third kappa shape index (κ3) is 3.51. The summed E-state index contributed by atoms with van der Waals surface area (Å²) in [4.78, 5) is 0. The van der Waals surface area contributed by atoms with Gasteiger partial charge in [-0.05, 0) is 24.6 Å². The Bertz CT molecular complexity index is 314. The first kappa shape index (κ1) is 12.0. The van der Waals surface area contributed by atoms with Crippen LogP contribution in [0, 0.1) is 5.82 Å². The first-order valence-corrected chi connectivity index (χ1v) is 5.39. The molecule has 0 aliphatic rings. The van der Waals surface area contributed by atoms with Crippen molar-refractivity contribution in [2.45, 2.75) is 38.6 Å². The molecule has 1 aromatic rings. The maximum absolute atomic E-state index is 12.9. The summed E-state index contributed by atoms with van der Waals surface area (Å²) >= 11 is 0. The van der Waals surface area contributed by atoms with Crippen LogP contribution in [-0.2, 0) is 0 Å². The lowest BCUT2D eigenvalue weighted by atomic mass is 10.0. The van der Waals surface area contributed by atoms with Gasteiger partial charge in [0, 0.05) is 11.6 Å². The van der Waals surface area contributed by atoms with Crippen LogP contribution >= 0.6 is 0 Å². The highest BCUT2D eigenvalue weighted by atomic mass is 19.1. The lowest BCUT2D eigenvalue weighted by Crippen LogP contribution is -2.10. The van der Waals surface area contributed by atoms with Gasteiger partial charge in [-0.3, -0.25) is 0 Å². The van der Waals surface area contributed by atoms with Gasteiger partial charge >= 0.3 is 0 Å². The molecule has 0 saturated carbocycles. The van der Waals surface area contributed by atoms with Crippen LogP contribution in [0.4, 0.5) is 4.39 Å². The molecule has 0 unspecified atom stereocenters. The number of unbranched alkanes of at least 4 members (excludes halogenated alkanes) is 2. The van der Waals surface area contributed by atoms with Gasteiger partial charge in [0.05, 0.1) is 0 Å². The van der Waals surface area contributed by atoms with Crippen molar-refractivity contribution >= 4 is 0 Å². The van der Waals surface area contributed by atoms with Crippen molar-refractivity contribution in [1.29, 1.82) is 0 Å². The van der Waals surface area contributed by atoms with Crippen LogP contribution in [0.5, 0.6) is 5.75 Å². The Kier molecular flexibility index (Phi) is 4.56. The molecular weight excluding hydrogens is 193 g/mol. The normalized spacial score (nSPS) is 12.7. The van der Waals surface area contributed by atoms with Gasteiger partial charge < -0.3 is 10.8 Å². The van der Waals surface area contributed by atoms with E-state index in [0.29, 0.717) is 5.56 Å². The van der Waals surface area contributed by atoms with E-state index in [4.69, 9.17) is 5.73 Å². The second-order valence-electron chi connectivity index (χ2n) is 3.81. The van der Waals surface area contributed by atoms with E-state index in [1.54, 1.807) is 0 Å². The molecule has 84 valence electrons. The molecule has 0 aromatic heterocycles. The van der Waals surface area contributed by atoms with Gasteiger partial charge in [-0.2, -0.15) is 0 Å². The summed E-state index contributed by atoms with van der Waals surface area (Å²) in [5.74, 6) is -0.269. The number of halogens is 1. The van der Waals surface area contributed by atoms with E-state index in [2.05, 4.69) is 6.92 Å². The van der Waals surface area contributed by atoms with Crippen molar-refractivity contribution in [3.8, 4) is 5.75 Å². The smallest absolute Gasteiger partial charge is 0.123 e. The molecule has 3 N–H and O–H groups in total. The highest BCUT2D eigenvalue weighted by Gasteiger charge is 2.11. The van der Waals surface area contributed by atoms with Gasteiger partial charge in [-0.1, -0.05) is 26.2 Å². The molecule has 0 amide bonds. The Balaban J connectivity index is 2.64. The largest absolute Gasteiger partial charge is 0.508 e. The Morgan fingerprint density at radius 2 is 2.13 bits per heavy atom. The van der Waals surface area contributed by atoms with E-state index in [9.17, 15) is 9.50 Å². The monoisotopic (exact) mass is 211 g/mol. The van der Waals surface area contributed by atoms with E-state index in [-0.39, 0.29) is 17.6 Å². The number of benzene rings is 1. The first-order chi connectivity index (χ1) is 7.15. The number of hydrogen-bond donors (Lipinski definition) is 2. The quantitative estimate of drug-likeness (QED) is 0.735. The lowest BCUT2D eigenvalue weighted by Gasteiger charge is -2.13. The zero-order chi connectivity index (χ0) is 11.3. The van der Waals surface area contributed by atoms with Gasteiger partial charge in [0.1, 0.15) is 11.6 Å². The molecule has 15 heavy (non-hydrogen) atoms. The fraction of sp³-hybridized carbons (Fsp3) is 0.500. The van der Waals surface area contributed by atoms with Crippen LogP contribution < -0.4 is 5.73 Å². The van der Waals surface area contributed by atoms with Gasteiger partial charge in [-0.25, -0.2) is 4.39 Å². The van der Waals surface area contributed by atoms with Crippen LogP contribution in [0.3, 0.4) is 0 Å². The molecule has 1 aromatic carbocycles. The molecule has 0 saturated heterocycles. The van der Waals surface area contributed by atoms with Crippen molar-refractivity contribution in [1.82, 2.24) is 0 Å². The first-order valence-electron chi connectivity index (χ1n) is 5.39. The number of aromatic hydroxyl groups is 1. The number of phenols is 1. The zero-order valence-electron chi connectivity index (χ0n) is 9.04.